The summed E-state index contributed by atoms with van der Waals surface area (Å²) >= 11 is 0. The van der Waals surface area contributed by atoms with Gasteiger partial charge >= 0.3 is 6.18 Å². The third-order valence-corrected chi connectivity index (χ3v) is 2.32. The lowest BCUT2D eigenvalue weighted by Gasteiger charge is -2.12. The first kappa shape index (κ1) is 13.8. The minimum atomic E-state index is -4.20. The second-order valence-electron chi connectivity index (χ2n) is 3.91. The van der Waals surface area contributed by atoms with E-state index in [9.17, 15) is 18.3 Å². The molecule has 0 spiro atoms. The van der Waals surface area contributed by atoms with E-state index in [1.165, 1.54) is 0 Å². The number of hydrogen-bond acceptors (Lipinski definition) is 2. The summed E-state index contributed by atoms with van der Waals surface area (Å²) in [5.41, 5.74) is 1.43. The normalized spacial score (nSPS) is 13.5. The number of halogens is 3. The molecule has 17 heavy (non-hydrogen) atoms. The summed E-state index contributed by atoms with van der Waals surface area (Å²) in [7, 11) is 0. The Kier molecular flexibility index (Phi) is 4.40. The van der Waals surface area contributed by atoms with Crippen molar-refractivity contribution < 1.29 is 23.0 Å². The van der Waals surface area contributed by atoms with Crippen LogP contribution in [-0.4, -0.2) is 17.9 Å². The topological polar surface area (TPSA) is 29.5 Å². The number of hydrogen-bond donors (Lipinski definition) is 1. The fraction of sp³-hybridized carbons (Fsp3) is 0.500. The van der Waals surface area contributed by atoms with Crippen LogP contribution in [0.5, 0.6) is 5.75 Å². The van der Waals surface area contributed by atoms with Crippen molar-refractivity contribution in [1.82, 2.24) is 0 Å². The maximum absolute atomic E-state index is 11.9. The highest BCUT2D eigenvalue weighted by atomic mass is 19.4. The van der Waals surface area contributed by atoms with Crippen molar-refractivity contribution in [2.45, 2.75) is 32.5 Å². The van der Waals surface area contributed by atoms with Crippen LogP contribution >= 0.6 is 0 Å². The SMILES string of the molecule is Cc1cc([C@H](C)O)ccc1OCCC(F)(F)F. The lowest BCUT2D eigenvalue weighted by molar-refractivity contribution is -0.139. The average molecular weight is 248 g/mol. The molecule has 96 valence electrons. The molecule has 0 bridgehead atoms. The fourth-order valence-electron chi connectivity index (χ4n) is 1.37. The maximum Gasteiger partial charge on any atom is 0.392 e. The molecule has 0 aliphatic rings. The van der Waals surface area contributed by atoms with Crippen LogP contribution in [0, 0.1) is 6.92 Å². The summed E-state index contributed by atoms with van der Waals surface area (Å²) in [4.78, 5) is 0. The molecule has 0 radical (unpaired) electrons. The van der Waals surface area contributed by atoms with Crippen LogP contribution in [0.1, 0.15) is 30.6 Å². The van der Waals surface area contributed by atoms with Crippen molar-refractivity contribution in [2.75, 3.05) is 6.61 Å². The largest absolute Gasteiger partial charge is 0.493 e. The number of aliphatic hydroxyl groups is 1. The molecular weight excluding hydrogens is 233 g/mol. The molecule has 0 amide bonds. The molecule has 0 saturated carbocycles. The second kappa shape index (κ2) is 5.40. The lowest BCUT2D eigenvalue weighted by atomic mass is 10.1. The van der Waals surface area contributed by atoms with Crippen LogP contribution in [0.2, 0.25) is 0 Å². The summed E-state index contributed by atoms with van der Waals surface area (Å²) in [6, 6.07) is 4.92. The fourth-order valence-corrected chi connectivity index (χ4v) is 1.37. The van der Waals surface area contributed by atoms with Gasteiger partial charge in [0.25, 0.3) is 0 Å². The molecule has 1 aromatic carbocycles. The van der Waals surface area contributed by atoms with Gasteiger partial charge in [-0.2, -0.15) is 13.2 Å². The third kappa shape index (κ3) is 4.65. The number of rotatable bonds is 4. The molecule has 0 aliphatic heterocycles. The molecule has 1 N–H and O–H groups in total. The van der Waals surface area contributed by atoms with Gasteiger partial charge in [-0.05, 0) is 37.1 Å². The van der Waals surface area contributed by atoms with Gasteiger partial charge in [-0.1, -0.05) is 6.07 Å². The number of benzene rings is 1. The van der Waals surface area contributed by atoms with Gasteiger partial charge < -0.3 is 9.84 Å². The van der Waals surface area contributed by atoms with E-state index < -0.39 is 25.3 Å². The standard InChI is InChI=1S/C12H15F3O2/c1-8-7-10(9(2)16)3-4-11(8)17-6-5-12(13,14)15/h3-4,7,9,16H,5-6H2,1-2H3/t9-/m0/s1. The zero-order chi connectivity index (χ0) is 13.1. The molecule has 5 heteroatoms. The smallest absolute Gasteiger partial charge is 0.392 e. The van der Waals surface area contributed by atoms with Crippen molar-refractivity contribution in [1.29, 1.82) is 0 Å². The van der Waals surface area contributed by atoms with Gasteiger partial charge in [0.05, 0.1) is 19.1 Å². The minimum absolute atomic E-state index is 0.391. The van der Waals surface area contributed by atoms with Crippen molar-refractivity contribution >= 4 is 0 Å². The predicted molar refractivity (Wildman–Crippen MR) is 58.0 cm³/mol. The highest BCUT2D eigenvalue weighted by Gasteiger charge is 2.26. The van der Waals surface area contributed by atoms with Crippen molar-refractivity contribution in [2.24, 2.45) is 0 Å². The van der Waals surface area contributed by atoms with E-state index in [-0.39, 0.29) is 0 Å². The molecule has 0 heterocycles. The highest BCUT2D eigenvalue weighted by Crippen LogP contribution is 2.24. The molecule has 0 fully saturated rings. The molecule has 1 aromatic rings. The summed E-state index contributed by atoms with van der Waals surface area (Å²) in [5.74, 6) is 0.415. The molecular formula is C12H15F3O2. The van der Waals surface area contributed by atoms with Gasteiger partial charge in [0.15, 0.2) is 0 Å². The Morgan fingerprint density at radius 1 is 1.35 bits per heavy atom. The van der Waals surface area contributed by atoms with Gasteiger partial charge in [-0.15, -0.1) is 0 Å². The second-order valence-corrected chi connectivity index (χ2v) is 3.91. The summed E-state index contributed by atoms with van der Waals surface area (Å²) in [6.45, 7) is 2.96. The van der Waals surface area contributed by atoms with Crippen LogP contribution in [0.4, 0.5) is 13.2 Å². The van der Waals surface area contributed by atoms with E-state index >= 15 is 0 Å². The average Bonchev–Trinajstić information content (AvgIpc) is 2.18. The van der Waals surface area contributed by atoms with Crippen molar-refractivity contribution in [3.8, 4) is 5.75 Å². The molecule has 0 aromatic heterocycles. The van der Waals surface area contributed by atoms with Crippen LogP contribution < -0.4 is 4.74 Å². The Hall–Kier alpha value is -1.23. The first-order valence-corrected chi connectivity index (χ1v) is 5.28. The van der Waals surface area contributed by atoms with Gasteiger partial charge in [-0.25, -0.2) is 0 Å². The highest BCUT2D eigenvalue weighted by molar-refractivity contribution is 5.36. The Morgan fingerprint density at radius 3 is 2.47 bits per heavy atom. The number of aliphatic hydroxyl groups excluding tert-OH is 1. The quantitative estimate of drug-likeness (QED) is 0.885. The van der Waals surface area contributed by atoms with E-state index in [4.69, 9.17) is 4.74 Å². The van der Waals surface area contributed by atoms with Crippen molar-refractivity contribution in [3.63, 3.8) is 0 Å². The maximum atomic E-state index is 11.9. The third-order valence-electron chi connectivity index (χ3n) is 2.32. The monoisotopic (exact) mass is 248 g/mol. The van der Waals surface area contributed by atoms with E-state index in [1.54, 1.807) is 32.0 Å². The van der Waals surface area contributed by atoms with Crippen LogP contribution in [-0.2, 0) is 0 Å². The van der Waals surface area contributed by atoms with E-state index in [0.717, 1.165) is 0 Å². The van der Waals surface area contributed by atoms with E-state index in [1.807, 2.05) is 0 Å². The number of ether oxygens (including phenoxy) is 1. The van der Waals surface area contributed by atoms with Crippen LogP contribution in [0.15, 0.2) is 18.2 Å². The Bertz CT molecular complexity index is 373. The minimum Gasteiger partial charge on any atom is -0.493 e. The molecule has 1 atom stereocenters. The first-order chi connectivity index (χ1) is 7.79. The first-order valence-electron chi connectivity index (χ1n) is 5.28. The Labute approximate surface area is 98.0 Å². The van der Waals surface area contributed by atoms with Gasteiger partial charge in [0, 0.05) is 0 Å². The lowest BCUT2D eigenvalue weighted by Crippen LogP contribution is -2.13. The Morgan fingerprint density at radius 2 is 2.00 bits per heavy atom. The number of aryl methyl sites for hydroxylation is 1. The van der Waals surface area contributed by atoms with Gasteiger partial charge in [0.1, 0.15) is 5.75 Å². The Balaban J connectivity index is 2.61. The van der Waals surface area contributed by atoms with Crippen LogP contribution in [0.3, 0.4) is 0 Å². The predicted octanol–water partition coefficient (Wildman–Crippen LogP) is 3.38. The van der Waals surface area contributed by atoms with Gasteiger partial charge in [-0.3, -0.25) is 0 Å². The molecule has 0 saturated heterocycles. The summed E-state index contributed by atoms with van der Waals surface area (Å²) in [5, 5.41) is 9.33. The van der Waals surface area contributed by atoms with E-state index in [0.29, 0.717) is 16.9 Å². The van der Waals surface area contributed by atoms with E-state index in [2.05, 4.69) is 0 Å². The molecule has 1 rings (SSSR count). The van der Waals surface area contributed by atoms with Crippen molar-refractivity contribution in [3.05, 3.63) is 29.3 Å². The zero-order valence-corrected chi connectivity index (χ0v) is 9.71. The summed E-state index contributed by atoms with van der Waals surface area (Å²) in [6.07, 6.45) is -5.77. The zero-order valence-electron chi connectivity index (χ0n) is 9.71. The molecule has 2 nitrogen and oxygen atoms in total. The summed E-state index contributed by atoms with van der Waals surface area (Å²) < 4.78 is 40.8. The van der Waals surface area contributed by atoms with Crippen LogP contribution in [0.25, 0.3) is 0 Å². The molecule has 0 aliphatic carbocycles. The number of alkyl halides is 3. The van der Waals surface area contributed by atoms with Gasteiger partial charge in [0.2, 0.25) is 0 Å². The molecule has 0 unspecified atom stereocenters.